The number of nitrogens with zero attached hydrogens (tertiary/aromatic N) is 2. The predicted octanol–water partition coefficient (Wildman–Crippen LogP) is 5.35. The first-order valence-electron chi connectivity index (χ1n) is 9.94. The van der Waals surface area contributed by atoms with Crippen LogP contribution in [0, 0.1) is 6.92 Å². The molecule has 0 aliphatic heterocycles. The number of aromatic nitrogens is 1. The van der Waals surface area contributed by atoms with Gasteiger partial charge in [-0.05, 0) is 43.0 Å². The van der Waals surface area contributed by atoms with E-state index < -0.39 is 0 Å². The summed E-state index contributed by atoms with van der Waals surface area (Å²) in [6, 6.07) is 22.1. The highest BCUT2D eigenvalue weighted by Crippen LogP contribution is 2.20. The van der Waals surface area contributed by atoms with E-state index in [1.54, 1.807) is 48.2 Å². The molecule has 0 radical (unpaired) electrons. The molecule has 0 unspecified atom stereocenters. The molecule has 0 spiro atoms. The van der Waals surface area contributed by atoms with Crippen LogP contribution in [0.3, 0.4) is 0 Å². The molecule has 6 heteroatoms. The second kappa shape index (κ2) is 9.45. The van der Waals surface area contributed by atoms with E-state index in [-0.39, 0.29) is 11.7 Å². The standard InChI is InChI=1S/C25H22N2O2S2/c1-17-8-13-21-22(16-17)31-25(27(21)14-15-30-2)26-24(29)20-11-9-19(10-12-20)23(28)18-6-4-3-5-7-18/h3-13,16H,14-15H2,1-2H3. The van der Waals surface area contributed by atoms with Gasteiger partial charge in [0.05, 0.1) is 10.2 Å². The number of carbonyl (C=O) groups is 2. The van der Waals surface area contributed by atoms with Crippen LogP contribution in [0.15, 0.2) is 77.8 Å². The fourth-order valence-electron chi connectivity index (χ4n) is 3.34. The lowest BCUT2D eigenvalue weighted by molar-refractivity contribution is 0.0994. The lowest BCUT2D eigenvalue weighted by atomic mass is 10.0. The van der Waals surface area contributed by atoms with E-state index in [0.29, 0.717) is 21.5 Å². The van der Waals surface area contributed by atoms with E-state index in [1.807, 2.05) is 18.2 Å². The summed E-state index contributed by atoms with van der Waals surface area (Å²) in [4.78, 5) is 30.6. The van der Waals surface area contributed by atoms with Crippen LogP contribution in [0.25, 0.3) is 10.2 Å². The number of hydrogen-bond acceptors (Lipinski definition) is 4. The van der Waals surface area contributed by atoms with Crippen molar-refractivity contribution in [2.45, 2.75) is 13.5 Å². The summed E-state index contributed by atoms with van der Waals surface area (Å²) in [7, 11) is 0. The second-order valence-electron chi connectivity index (χ2n) is 7.19. The zero-order valence-corrected chi connectivity index (χ0v) is 19.0. The molecule has 4 aromatic rings. The van der Waals surface area contributed by atoms with Crippen molar-refractivity contribution in [2.75, 3.05) is 12.0 Å². The minimum atomic E-state index is -0.306. The van der Waals surface area contributed by atoms with Gasteiger partial charge in [0, 0.05) is 29.0 Å². The van der Waals surface area contributed by atoms with E-state index in [9.17, 15) is 9.59 Å². The average molecular weight is 447 g/mol. The Hall–Kier alpha value is -2.96. The van der Waals surface area contributed by atoms with Crippen molar-refractivity contribution in [3.8, 4) is 0 Å². The molecule has 0 saturated heterocycles. The smallest absolute Gasteiger partial charge is 0.279 e. The Bertz CT molecular complexity index is 1300. The molecule has 1 aromatic heterocycles. The fraction of sp³-hybridized carbons (Fsp3) is 0.160. The maximum Gasteiger partial charge on any atom is 0.279 e. The van der Waals surface area contributed by atoms with Crippen molar-refractivity contribution in [1.29, 1.82) is 0 Å². The molecule has 0 aliphatic rings. The number of ketones is 1. The first kappa shape index (κ1) is 21.3. The maximum atomic E-state index is 12.9. The topological polar surface area (TPSA) is 51.4 Å². The van der Waals surface area contributed by atoms with Gasteiger partial charge in [0.25, 0.3) is 5.91 Å². The Kier molecular flexibility index (Phi) is 6.49. The highest BCUT2D eigenvalue weighted by molar-refractivity contribution is 7.98. The van der Waals surface area contributed by atoms with Crippen molar-refractivity contribution in [1.82, 2.24) is 4.57 Å². The van der Waals surface area contributed by atoms with Crippen LogP contribution in [-0.4, -0.2) is 28.3 Å². The lowest BCUT2D eigenvalue weighted by Gasteiger charge is -2.04. The molecular formula is C25H22N2O2S2. The molecule has 31 heavy (non-hydrogen) atoms. The number of amides is 1. The first-order valence-corrected chi connectivity index (χ1v) is 12.2. The van der Waals surface area contributed by atoms with Crippen LogP contribution < -0.4 is 4.80 Å². The van der Waals surface area contributed by atoms with Gasteiger partial charge in [-0.15, -0.1) is 0 Å². The van der Waals surface area contributed by atoms with Crippen molar-refractivity contribution >= 4 is 45.0 Å². The van der Waals surface area contributed by atoms with E-state index >= 15 is 0 Å². The molecule has 0 saturated carbocycles. The molecule has 0 N–H and O–H groups in total. The lowest BCUT2D eigenvalue weighted by Crippen LogP contribution is -2.18. The number of aryl methyl sites for hydroxylation is 2. The quantitative estimate of drug-likeness (QED) is 0.375. The maximum absolute atomic E-state index is 12.9. The summed E-state index contributed by atoms with van der Waals surface area (Å²) in [5.41, 5.74) is 3.92. The van der Waals surface area contributed by atoms with Crippen LogP contribution in [0.4, 0.5) is 0 Å². The molecular weight excluding hydrogens is 424 g/mol. The summed E-state index contributed by atoms with van der Waals surface area (Å²) >= 11 is 3.29. The van der Waals surface area contributed by atoms with Gasteiger partial charge in [-0.3, -0.25) is 9.59 Å². The van der Waals surface area contributed by atoms with Gasteiger partial charge in [-0.2, -0.15) is 16.8 Å². The molecule has 3 aromatic carbocycles. The van der Waals surface area contributed by atoms with Gasteiger partial charge in [-0.1, -0.05) is 59.9 Å². The Morgan fingerprint density at radius 3 is 2.32 bits per heavy atom. The van der Waals surface area contributed by atoms with Crippen LogP contribution in [-0.2, 0) is 6.54 Å². The molecule has 0 fully saturated rings. The number of fused-ring (bicyclic) bond motifs is 1. The molecule has 0 bridgehead atoms. The predicted molar refractivity (Wildman–Crippen MR) is 129 cm³/mol. The van der Waals surface area contributed by atoms with Crippen LogP contribution in [0.5, 0.6) is 0 Å². The number of rotatable bonds is 6. The number of carbonyl (C=O) groups excluding carboxylic acids is 2. The van der Waals surface area contributed by atoms with Crippen LogP contribution in [0.1, 0.15) is 31.8 Å². The Balaban J connectivity index is 1.65. The van der Waals surface area contributed by atoms with Crippen LogP contribution in [0.2, 0.25) is 0 Å². The van der Waals surface area contributed by atoms with E-state index in [0.717, 1.165) is 22.5 Å². The minimum absolute atomic E-state index is 0.0636. The van der Waals surface area contributed by atoms with Crippen molar-refractivity contribution < 1.29 is 9.59 Å². The van der Waals surface area contributed by atoms with Gasteiger partial charge >= 0.3 is 0 Å². The molecule has 4 rings (SSSR count). The summed E-state index contributed by atoms with van der Waals surface area (Å²) in [6.45, 7) is 2.85. The highest BCUT2D eigenvalue weighted by atomic mass is 32.2. The van der Waals surface area contributed by atoms with Gasteiger partial charge in [-0.25, -0.2) is 0 Å². The number of thioether (sulfide) groups is 1. The monoisotopic (exact) mass is 446 g/mol. The van der Waals surface area contributed by atoms with Gasteiger partial charge in [0.2, 0.25) is 0 Å². The van der Waals surface area contributed by atoms with Crippen molar-refractivity contribution in [3.05, 3.63) is 99.9 Å². The van der Waals surface area contributed by atoms with Crippen molar-refractivity contribution in [3.63, 3.8) is 0 Å². The Morgan fingerprint density at radius 2 is 1.61 bits per heavy atom. The third-order valence-corrected chi connectivity index (χ3v) is 6.62. The Labute approximate surface area is 189 Å². The summed E-state index contributed by atoms with van der Waals surface area (Å²) < 4.78 is 3.23. The first-order chi connectivity index (χ1) is 15.1. The van der Waals surface area contributed by atoms with E-state index in [1.165, 1.54) is 16.9 Å². The SMILES string of the molecule is CSCCn1c(=NC(=O)c2ccc(C(=O)c3ccccc3)cc2)sc2cc(C)ccc21. The summed E-state index contributed by atoms with van der Waals surface area (Å²) in [5.74, 6) is 0.573. The third-order valence-electron chi connectivity index (χ3n) is 4.98. The van der Waals surface area contributed by atoms with Crippen molar-refractivity contribution in [2.24, 2.45) is 4.99 Å². The second-order valence-corrected chi connectivity index (χ2v) is 9.18. The molecule has 1 heterocycles. The fourth-order valence-corrected chi connectivity index (χ4v) is 4.85. The summed E-state index contributed by atoms with van der Waals surface area (Å²) in [5, 5.41) is 0. The third kappa shape index (κ3) is 4.70. The van der Waals surface area contributed by atoms with E-state index in [2.05, 4.69) is 40.9 Å². The summed E-state index contributed by atoms with van der Waals surface area (Å²) in [6.07, 6.45) is 2.07. The number of benzene rings is 3. The molecule has 0 aliphatic carbocycles. The molecule has 4 nitrogen and oxygen atoms in total. The van der Waals surface area contributed by atoms with Gasteiger partial charge < -0.3 is 4.57 Å². The molecule has 156 valence electrons. The zero-order valence-electron chi connectivity index (χ0n) is 17.4. The highest BCUT2D eigenvalue weighted by Gasteiger charge is 2.12. The normalized spacial score (nSPS) is 11.7. The van der Waals surface area contributed by atoms with Gasteiger partial charge in [0.1, 0.15) is 0 Å². The zero-order chi connectivity index (χ0) is 21.8. The molecule has 1 amide bonds. The van der Waals surface area contributed by atoms with Crippen LogP contribution >= 0.6 is 23.1 Å². The largest absolute Gasteiger partial charge is 0.316 e. The number of hydrogen-bond donors (Lipinski definition) is 0. The van der Waals surface area contributed by atoms with E-state index in [4.69, 9.17) is 0 Å². The average Bonchev–Trinajstić information content (AvgIpc) is 3.13. The minimum Gasteiger partial charge on any atom is -0.316 e. The molecule has 0 atom stereocenters. The van der Waals surface area contributed by atoms with Gasteiger partial charge in [0.15, 0.2) is 10.6 Å². The Morgan fingerprint density at radius 1 is 0.935 bits per heavy atom. The number of thiazole rings is 1.